The molecule has 0 spiro atoms. The van der Waals surface area contributed by atoms with Crippen LogP contribution in [0.2, 0.25) is 0 Å². The molecule has 0 aromatic carbocycles. The summed E-state index contributed by atoms with van der Waals surface area (Å²) in [6.07, 6.45) is 6.90. The highest BCUT2D eigenvalue weighted by atomic mass is 31.1. The van der Waals surface area contributed by atoms with Crippen LogP contribution >= 0.6 is 8.07 Å². The first-order chi connectivity index (χ1) is 5.29. The summed E-state index contributed by atoms with van der Waals surface area (Å²) in [6.45, 7) is 9.65. The van der Waals surface area contributed by atoms with E-state index in [0.29, 0.717) is 0 Å². The molecule has 0 saturated heterocycles. The zero-order chi connectivity index (χ0) is 8.27. The van der Waals surface area contributed by atoms with Crippen LogP contribution in [-0.2, 0) is 0 Å². The Labute approximate surface area is 69.0 Å². The molecule has 0 radical (unpaired) electrons. The molecule has 1 rings (SSSR count). The lowest BCUT2D eigenvalue weighted by molar-refractivity contribution is 1.48. The van der Waals surface area contributed by atoms with Gasteiger partial charge in [0.1, 0.15) is 0 Å². The van der Waals surface area contributed by atoms with Crippen LogP contribution in [0, 0.1) is 0 Å². The van der Waals surface area contributed by atoms with E-state index >= 15 is 0 Å². The number of rotatable bonds is 2. The van der Waals surface area contributed by atoms with Crippen molar-refractivity contribution in [2.45, 2.75) is 13.3 Å². The second-order valence-corrected chi connectivity index (χ2v) is 4.29. The van der Waals surface area contributed by atoms with Crippen molar-refractivity contribution in [1.29, 1.82) is 0 Å². The Morgan fingerprint density at radius 1 is 1.82 bits per heavy atom. The van der Waals surface area contributed by atoms with Crippen LogP contribution in [-0.4, -0.2) is 6.21 Å². The van der Waals surface area contributed by atoms with E-state index in [1.807, 2.05) is 6.21 Å². The number of hydrogen-bond donors (Lipinski definition) is 0. The second-order valence-electron chi connectivity index (χ2n) is 2.29. The lowest BCUT2D eigenvalue weighted by Crippen LogP contribution is -1.73. The van der Waals surface area contributed by atoms with Crippen LogP contribution in [0.3, 0.4) is 0 Å². The topological polar surface area (TPSA) is 12.4 Å². The third-order valence-corrected chi connectivity index (χ3v) is 3.72. The first kappa shape index (κ1) is 8.42. The zero-order valence-electron chi connectivity index (χ0n) is 6.75. The number of nitrogens with zero attached hydrogens (tertiary/aromatic N) is 1. The summed E-state index contributed by atoms with van der Waals surface area (Å²) in [5.41, 5.74) is 0. The summed E-state index contributed by atoms with van der Waals surface area (Å²) in [5.74, 6) is 0. The standard InChI is InChI=1S/C9H12NP/c1-4-8(3)11-9(5-2)6-7-10-11/h4-5,7H,1,3,6H2,2H3/b9-5+. The first-order valence-electron chi connectivity index (χ1n) is 3.58. The Morgan fingerprint density at radius 2 is 2.55 bits per heavy atom. The average Bonchev–Trinajstić information content (AvgIpc) is 2.50. The van der Waals surface area contributed by atoms with E-state index < -0.39 is 8.07 Å². The molecule has 0 aliphatic carbocycles. The minimum absolute atomic E-state index is 0.452. The molecule has 1 aliphatic rings. The summed E-state index contributed by atoms with van der Waals surface area (Å²) in [5, 5.41) is 2.45. The van der Waals surface area contributed by atoms with Crippen molar-refractivity contribution in [2.24, 2.45) is 4.76 Å². The van der Waals surface area contributed by atoms with Crippen LogP contribution < -0.4 is 0 Å². The molecular formula is C9H12NP. The maximum absolute atomic E-state index is 4.36. The lowest BCUT2D eigenvalue weighted by Gasteiger charge is -2.08. The molecule has 1 heterocycles. The molecular weight excluding hydrogens is 153 g/mol. The Bertz CT molecular complexity index is 238. The molecule has 1 nitrogen and oxygen atoms in total. The van der Waals surface area contributed by atoms with Gasteiger partial charge in [-0.2, -0.15) is 0 Å². The Balaban J connectivity index is 2.79. The van der Waals surface area contributed by atoms with Crippen LogP contribution in [0.5, 0.6) is 0 Å². The molecule has 0 aromatic rings. The third kappa shape index (κ3) is 1.66. The summed E-state index contributed by atoms with van der Waals surface area (Å²) in [4.78, 5) is 0. The quantitative estimate of drug-likeness (QED) is 0.439. The Hall–Kier alpha value is -0.680. The van der Waals surface area contributed by atoms with Crippen LogP contribution in [0.4, 0.5) is 0 Å². The highest BCUT2D eigenvalue weighted by Crippen LogP contribution is 2.57. The summed E-state index contributed by atoms with van der Waals surface area (Å²) in [6, 6.07) is 0. The molecule has 0 N–H and O–H groups in total. The highest BCUT2D eigenvalue weighted by molar-refractivity contribution is 7.65. The van der Waals surface area contributed by atoms with Crippen LogP contribution in [0.15, 0.2) is 40.7 Å². The van der Waals surface area contributed by atoms with Gasteiger partial charge >= 0.3 is 0 Å². The van der Waals surface area contributed by atoms with E-state index in [-0.39, 0.29) is 0 Å². The SMILES string of the molecule is C=CC(=C)P1N=CC/C1=C\C. The fraction of sp³-hybridized carbons (Fsp3) is 0.222. The van der Waals surface area contributed by atoms with Crippen molar-refractivity contribution in [3.63, 3.8) is 0 Å². The molecule has 2 heteroatoms. The normalized spacial score (nSPS) is 25.9. The maximum Gasteiger partial charge on any atom is 0.0728 e. The van der Waals surface area contributed by atoms with Gasteiger partial charge in [0.05, 0.1) is 8.07 Å². The van der Waals surface area contributed by atoms with Gasteiger partial charge in [-0.3, -0.25) is 4.76 Å². The fourth-order valence-corrected chi connectivity index (χ4v) is 2.54. The van der Waals surface area contributed by atoms with Crippen molar-refractivity contribution in [2.75, 3.05) is 0 Å². The van der Waals surface area contributed by atoms with E-state index in [1.165, 1.54) is 5.31 Å². The summed E-state index contributed by atoms with van der Waals surface area (Å²) >= 11 is 0. The van der Waals surface area contributed by atoms with Crippen molar-refractivity contribution in [3.05, 3.63) is 35.9 Å². The molecule has 0 saturated carbocycles. The van der Waals surface area contributed by atoms with Crippen molar-refractivity contribution in [1.82, 2.24) is 0 Å². The van der Waals surface area contributed by atoms with E-state index in [2.05, 4.69) is 30.9 Å². The van der Waals surface area contributed by atoms with Gasteiger partial charge in [-0.25, -0.2) is 0 Å². The molecule has 1 unspecified atom stereocenters. The largest absolute Gasteiger partial charge is 0.264 e. The van der Waals surface area contributed by atoms with Crippen LogP contribution in [0.25, 0.3) is 0 Å². The third-order valence-electron chi connectivity index (χ3n) is 1.61. The van der Waals surface area contributed by atoms with Gasteiger partial charge in [0, 0.05) is 12.6 Å². The van der Waals surface area contributed by atoms with Gasteiger partial charge in [-0.05, 0) is 17.6 Å². The number of hydrogen-bond acceptors (Lipinski definition) is 1. The van der Waals surface area contributed by atoms with Gasteiger partial charge < -0.3 is 0 Å². The molecule has 0 fully saturated rings. The predicted molar refractivity (Wildman–Crippen MR) is 53.1 cm³/mol. The Morgan fingerprint density at radius 3 is 3.09 bits per heavy atom. The summed E-state index contributed by atoms with van der Waals surface area (Å²) in [7, 11) is -0.452. The molecule has 0 aromatic heterocycles. The molecule has 0 amide bonds. The predicted octanol–water partition coefficient (Wildman–Crippen LogP) is 3.46. The maximum atomic E-state index is 4.36. The molecule has 0 bridgehead atoms. The number of allylic oxidation sites excluding steroid dienone is 4. The van der Waals surface area contributed by atoms with Crippen LogP contribution in [0.1, 0.15) is 13.3 Å². The van der Waals surface area contributed by atoms with E-state index in [9.17, 15) is 0 Å². The van der Waals surface area contributed by atoms with Gasteiger partial charge in [-0.15, -0.1) is 0 Å². The molecule has 58 valence electrons. The van der Waals surface area contributed by atoms with Gasteiger partial charge in [0.25, 0.3) is 0 Å². The highest BCUT2D eigenvalue weighted by Gasteiger charge is 2.17. The molecule has 1 atom stereocenters. The van der Waals surface area contributed by atoms with Gasteiger partial charge in [0.15, 0.2) is 0 Å². The molecule has 1 aliphatic heterocycles. The van der Waals surface area contributed by atoms with Gasteiger partial charge in [0.2, 0.25) is 0 Å². The first-order valence-corrected chi connectivity index (χ1v) is 4.88. The zero-order valence-corrected chi connectivity index (χ0v) is 7.64. The minimum Gasteiger partial charge on any atom is -0.264 e. The molecule has 11 heavy (non-hydrogen) atoms. The lowest BCUT2D eigenvalue weighted by atomic mass is 10.4. The smallest absolute Gasteiger partial charge is 0.0728 e. The van der Waals surface area contributed by atoms with E-state index in [1.54, 1.807) is 6.08 Å². The second kappa shape index (κ2) is 3.64. The Kier molecular flexibility index (Phi) is 2.78. The average molecular weight is 165 g/mol. The van der Waals surface area contributed by atoms with E-state index in [4.69, 9.17) is 0 Å². The van der Waals surface area contributed by atoms with Gasteiger partial charge in [-0.1, -0.05) is 25.3 Å². The minimum atomic E-state index is -0.452. The summed E-state index contributed by atoms with van der Waals surface area (Å²) < 4.78 is 4.36. The van der Waals surface area contributed by atoms with E-state index in [0.717, 1.165) is 11.7 Å². The van der Waals surface area contributed by atoms with Crippen molar-refractivity contribution < 1.29 is 0 Å². The van der Waals surface area contributed by atoms with Crippen molar-refractivity contribution in [3.8, 4) is 0 Å². The van der Waals surface area contributed by atoms with Crippen molar-refractivity contribution >= 4 is 14.3 Å². The fourth-order valence-electron chi connectivity index (χ4n) is 0.962. The monoisotopic (exact) mass is 165 g/mol.